The van der Waals surface area contributed by atoms with E-state index in [0.29, 0.717) is 0 Å². The van der Waals surface area contributed by atoms with Gasteiger partial charge in [-0.25, -0.2) is 0 Å². The maximum Gasteiger partial charge on any atom is 0.141 e. The van der Waals surface area contributed by atoms with Gasteiger partial charge in [0.25, 0.3) is 0 Å². The molecule has 0 aliphatic carbocycles. The van der Waals surface area contributed by atoms with Crippen molar-refractivity contribution >= 4 is 0 Å². The largest absolute Gasteiger partial charge is 0.361 e. The summed E-state index contributed by atoms with van der Waals surface area (Å²) in [5.41, 5.74) is 7.24. The Morgan fingerprint density at radius 1 is 0.875 bits per heavy atom. The molecule has 2 rings (SSSR count). The van der Waals surface area contributed by atoms with Gasteiger partial charge in [0.2, 0.25) is 0 Å². The van der Waals surface area contributed by atoms with Gasteiger partial charge in [-0.1, -0.05) is 22.9 Å². The molecular formula is C14H17NO. The standard InChI is InChI=1S/C14H17NO/c1-8-6-9(2)13(10(3)7-8)14-11(4)15-16-12(14)5/h6-7H,1-5H3. The third-order valence-electron chi connectivity index (χ3n) is 2.96. The lowest BCUT2D eigenvalue weighted by Crippen LogP contribution is -1.92. The Balaban J connectivity index is 2.74. The average molecular weight is 215 g/mol. The Kier molecular flexibility index (Phi) is 2.58. The summed E-state index contributed by atoms with van der Waals surface area (Å²) in [6, 6.07) is 4.41. The van der Waals surface area contributed by atoms with Gasteiger partial charge in [-0.2, -0.15) is 0 Å². The molecule has 0 fully saturated rings. The maximum atomic E-state index is 5.24. The smallest absolute Gasteiger partial charge is 0.141 e. The summed E-state index contributed by atoms with van der Waals surface area (Å²) < 4.78 is 5.24. The first kappa shape index (κ1) is 10.9. The fourth-order valence-corrected chi connectivity index (χ4v) is 2.41. The molecule has 0 atom stereocenters. The molecule has 0 unspecified atom stereocenters. The van der Waals surface area contributed by atoms with E-state index in [1.807, 2.05) is 13.8 Å². The summed E-state index contributed by atoms with van der Waals surface area (Å²) >= 11 is 0. The van der Waals surface area contributed by atoms with Crippen LogP contribution in [0.5, 0.6) is 0 Å². The van der Waals surface area contributed by atoms with Crippen LogP contribution in [0.2, 0.25) is 0 Å². The van der Waals surface area contributed by atoms with Crippen molar-refractivity contribution in [2.75, 3.05) is 0 Å². The average Bonchev–Trinajstić information content (AvgIpc) is 2.47. The molecule has 84 valence electrons. The highest BCUT2D eigenvalue weighted by atomic mass is 16.5. The highest BCUT2D eigenvalue weighted by Gasteiger charge is 2.15. The number of aryl methyl sites for hydroxylation is 5. The Morgan fingerprint density at radius 2 is 1.44 bits per heavy atom. The van der Waals surface area contributed by atoms with Crippen LogP contribution in [-0.4, -0.2) is 5.16 Å². The Bertz CT molecular complexity index is 495. The van der Waals surface area contributed by atoms with Crippen LogP contribution in [0.3, 0.4) is 0 Å². The van der Waals surface area contributed by atoms with Crippen molar-refractivity contribution in [2.45, 2.75) is 34.6 Å². The second-order valence-corrected chi connectivity index (χ2v) is 4.47. The van der Waals surface area contributed by atoms with Crippen LogP contribution < -0.4 is 0 Å². The lowest BCUT2D eigenvalue weighted by atomic mass is 9.93. The van der Waals surface area contributed by atoms with Crippen molar-refractivity contribution in [3.8, 4) is 11.1 Å². The van der Waals surface area contributed by atoms with E-state index in [0.717, 1.165) is 17.0 Å². The molecule has 2 aromatic rings. The predicted octanol–water partition coefficient (Wildman–Crippen LogP) is 3.88. The van der Waals surface area contributed by atoms with E-state index in [1.54, 1.807) is 0 Å². The summed E-state index contributed by atoms with van der Waals surface area (Å²) in [4.78, 5) is 0. The number of hydrogen-bond donors (Lipinski definition) is 0. The van der Waals surface area contributed by atoms with Crippen LogP contribution in [0, 0.1) is 34.6 Å². The van der Waals surface area contributed by atoms with Crippen molar-refractivity contribution in [2.24, 2.45) is 0 Å². The molecule has 0 aliphatic heterocycles. The van der Waals surface area contributed by atoms with Gasteiger partial charge < -0.3 is 4.52 Å². The van der Waals surface area contributed by atoms with Crippen LogP contribution in [0.1, 0.15) is 28.1 Å². The summed E-state index contributed by atoms with van der Waals surface area (Å²) in [6.45, 7) is 10.4. The van der Waals surface area contributed by atoms with E-state index in [9.17, 15) is 0 Å². The summed E-state index contributed by atoms with van der Waals surface area (Å²) in [5.74, 6) is 0.896. The molecule has 0 saturated carbocycles. The van der Waals surface area contributed by atoms with Crippen LogP contribution in [0.15, 0.2) is 16.7 Å². The summed E-state index contributed by atoms with van der Waals surface area (Å²) in [6.07, 6.45) is 0. The van der Waals surface area contributed by atoms with Crippen LogP contribution in [-0.2, 0) is 0 Å². The predicted molar refractivity (Wildman–Crippen MR) is 65.6 cm³/mol. The SMILES string of the molecule is Cc1cc(C)c(-c2c(C)noc2C)c(C)c1. The maximum absolute atomic E-state index is 5.24. The minimum absolute atomic E-state index is 0.896. The molecule has 0 saturated heterocycles. The first-order chi connectivity index (χ1) is 7.50. The van der Waals surface area contributed by atoms with Gasteiger partial charge in [0.15, 0.2) is 0 Å². The molecule has 2 nitrogen and oxygen atoms in total. The molecule has 0 aliphatic rings. The third-order valence-corrected chi connectivity index (χ3v) is 2.96. The van der Waals surface area contributed by atoms with Gasteiger partial charge >= 0.3 is 0 Å². The Hall–Kier alpha value is -1.57. The minimum Gasteiger partial charge on any atom is -0.361 e. The normalized spacial score (nSPS) is 10.8. The monoisotopic (exact) mass is 215 g/mol. The second kappa shape index (κ2) is 3.78. The van der Waals surface area contributed by atoms with Gasteiger partial charge in [0.1, 0.15) is 5.76 Å². The van der Waals surface area contributed by atoms with Crippen LogP contribution >= 0.6 is 0 Å². The number of aromatic nitrogens is 1. The van der Waals surface area contributed by atoms with E-state index in [1.165, 1.54) is 22.3 Å². The van der Waals surface area contributed by atoms with E-state index in [-0.39, 0.29) is 0 Å². The van der Waals surface area contributed by atoms with Crippen LogP contribution in [0.4, 0.5) is 0 Å². The van der Waals surface area contributed by atoms with Gasteiger partial charge in [0, 0.05) is 5.56 Å². The highest BCUT2D eigenvalue weighted by Crippen LogP contribution is 2.32. The molecule has 0 bridgehead atoms. The molecule has 2 heteroatoms. The third kappa shape index (κ3) is 1.64. The van der Waals surface area contributed by atoms with E-state index >= 15 is 0 Å². The molecule has 0 N–H and O–H groups in total. The quantitative estimate of drug-likeness (QED) is 0.721. The summed E-state index contributed by atoms with van der Waals surface area (Å²) in [7, 11) is 0. The molecule has 0 spiro atoms. The number of rotatable bonds is 1. The van der Waals surface area contributed by atoms with Crippen molar-refractivity contribution < 1.29 is 4.52 Å². The molecule has 16 heavy (non-hydrogen) atoms. The molecular weight excluding hydrogens is 198 g/mol. The van der Waals surface area contributed by atoms with Crippen molar-refractivity contribution in [1.29, 1.82) is 0 Å². The van der Waals surface area contributed by atoms with Gasteiger partial charge in [-0.05, 0) is 51.3 Å². The van der Waals surface area contributed by atoms with Crippen molar-refractivity contribution in [3.05, 3.63) is 40.3 Å². The van der Waals surface area contributed by atoms with Gasteiger partial charge in [-0.3, -0.25) is 0 Å². The Morgan fingerprint density at radius 3 is 1.88 bits per heavy atom. The number of benzene rings is 1. The highest BCUT2D eigenvalue weighted by molar-refractivity contribution is 5.74. The lowest BCUT2D eigenvalue weighted by Gasteiger charge is -2.10. The van der Waals surface area contributed by atoms with Gasteiger partial charge in [0.05, 0.1) is 5.69 Å². The fourth-order valence-electron chi connectivity index (χ4n) is 2.41. The zero-order valence-electron chi connectivity index (χ0n) is 10.5. The topological polar surface area (TPSA) is 26.0 Å². The van der Waals surface area contributed by atoms with E-state index in [4.69, 9.17) is 4.52 Å². The Labute approximate surface area is 96.3 Å². The second-order valence-electron chi connectivity index (χ2n) is 4.47. The molecule has 1 aromatic carbocycles. The van der Waals surface area contributed by atoms with E-state index < -0.39 is 0 Å². The minimum atomic E-state index is 0.896. The van der Waals surface area contributed by atoms with Crippen molar-refractivity contribution in [1.82, 2.24) is 5.16 Å². The first-order valence-electron chi connectivity index (χ1n) is 5.52. The molecule has 0 radical (unpaired) electrons. The molecule has 1 aromatic heterocycles. The number of hydrogen-bond acceptors (Lipinski definition) is 2. The zero-order chi connectivity index (χ0) is 11.9. The lowest BCUT2D eigenvalue weighted by molar-refractivity contribution is 0.393. The van der Waals surface area contributed by atoms with Gasteiger partial charge in [-0.15, -0.1) is 0 Å². The van der Waals surface area contributed by atoms with E-state index in [2.05, 4.69) is 38.1 Å². The first-order valence-corrected chi connectivity index (χ1v) is 5.52. The zero-order valence-corrected chi connectivity index (χ0v) is 10.5. The summed E-state index contributed by atoms with van der Waals surface area (Å²) in [5, 5.41) is 4.02. The van der Waals surface area contributed by atoms with Crippen LogP contribution in [0.25, 0.3) is 11.1 Å². The molecule has 0 amide bonds. The number of nitrogens with zero attached hydrogens (tertiary/aromatic N) is 1. The van der Waals surface area contributed by atoms with Crippen molar-refractivity contribution in [3.63, 3.8) is 0 Å². The molecule has 1 heterocycles. The fraction of sp³-hybridized carbons (Fsp3) is 0.357.